The van der Waals surface area contributed by atoms with Gasteiger partial charge in [-0.3, -0.25) is 9.59 Å². The van der Waals surface area contributed by atoms with Crippen molar-refractivity contribution in [3.63, 3.8) is 0 Å². The van der Waals surface area contributed by atoms with Crippen LogP contribution in [-0.4, -0.2) is 18.8 Å². The molecule has 0 aromatic heterocycles. The monoisotopic (exact) mass is 355 g/mol. The van der Waals surface area contributed by atoms with E-state index in [1.807, 2.05) is 24.3 Å². The number of ether oxygens (including phenoxy) is 1. The quantitative estimate of drug-likeness (QED) is 0.807. The third-order valence-corrected chi connectivity index (χ3v) is 5.48. The minimum absolute atomic E-state index is 0.0254. The molecule has 4 heteroatoms. The van der Waals surface area contributed by atoms with Crippen molar-refractivity contribution in [2.75, 3.05) is 7.11 Å². The average molecular weight is 355 g/mol. The molecule has 0 bridgehead atoms. The van der Waals surface area contributed by atoms with Crippen LogP contribution in [0.5, 0.6) is 5.75 Å². The van der Waals surface area contributed by atoms with E-state index in [1.165, 1.54) is 0 Å². The minimum Gasteiger partial charge on any atom is -0.497 e. The number of carbonyl (C=O) groups is 2. The zero-order chi connectivity index (χ0) is 19.3. The van der Waals surface area contributed by atoms with Crippen molar-refractivity contribution in [1.29, 1.82) is 0 Å². The standard InChI is InChI=1S/C22H29NO3/c1-5-16-10-20(24)11-19(17-7-6-8-21(12-17)26-4)9-18(13-22(23)25)15(3)14(16)2/h6-8,11-12,15-16,18H,2,5,9-10,13H2,1,3-4H3,(H2,23,25). The molecule has 1 amide bonds. The summed E-state index contributed by atoms with van der Waals surface area (Å²) in [4.78, 5) is 24.3. The Hall–Kier alpha value is -2.36. The van der Waals surface area contributed by atoms with Gasteiger partial charge in [0, 0.05) is 12.8 Å². The van der Waals surface area contributed by atoms with E-state index in [1.54, 1.807) is 13.2 Å². The molecule has 1 aliphatic carbocycles. The molecular weight excluding hydrogens is 326 g/mol. The molecule has 1 aliphatic rings. The number of hydrogen-bond donors (Lipinski definition) is 1. The molecular formula is C22H29NO3. The number of allylic oxidation sites excluding steroid dienone is 3. The van der Waals surface area contributed by atoms with Crippen molar-refractivity contribution < 1.29 is 14.3 Å². The van der Waals surface area contributed by atoms with Gasteiger partial charge in [0.2, 0.25) is 5.91 Å². The van der Waals surface area contributed by atoms with Gasteiger partial charge in [-0.15, -0.1) is 0 Å². The highest BCUT2D eigenvalue weighted by Crippen LogP contribution is 2.38. The number of rotatable bonds is 5. The maximum Gasteiger partial charge on any atom is 0.217 e. The Morgan fingerprint density at radius 2 is 2.08 bits per heavy atom. The number of primary amides is 1. The summed E-state index contributed by atoms with van der Waals surface area (Å²) in [5.41, 5.74) is 8.43. The average Bonchev–Trinajstić information content (AvgIpc) is 2.66. The zero-order valence-corrected chi connectivity index (χ0v) is 16.0. The number of hydrogen-bond acceptors (Lipinski definition) is 3. The van der Waals surface area contributed by atoms with E-state index in [4.69, 9.17) is 10.5 Å². The predicted octanol–water partition coefficient (Wildman–Crippen LogP) is 4.15. The fraction of sp³-hybridized carbons (Fsp3) is 0.455. The van der Waals surface area contributed by atoms with Crippen LogP contribution in [0.1, 0.15) is 45.1 Å². The highest BCUT2D eigenvalue weighted by Gasteiger charge is 2.29. The van der Waals surface area contributed by atoms with Gasteiger partial charge in [-0.2, -0.15) is 0 Å². The molecule has 3 atom stereocenters. The van der Waals surface area contributed by atoms with Crippen LogP contribution in [0.25, 0.3) is 5.57 Å². The Morgan fingerprint density at radius 1 is 1.35 bits per heavy atom. The Bertz CT molecular complexity index is 720. The van der Waals surface area contributed by atoms with Crippen molar-refractivity contribution in [3.05, 3.63) is 48.1 Å². The first kappa shape index (κ1) is 20.0. The molecule has 0 saturated carbocycles. The Morgan fingerprint density at radius 3 is 2.69 bits per heavy atom. The fourth-order valence-corrected chi connectivity index (χ4v) is 3.76. The van der Waals surface area contributed by atoms with Gasteiger partial charge in [0.25, 0.3) is 0 Å². The largest absolute Gasteiger partial charge is 0.497 e. The summed E-state index contributed by atoms with van der Waals surface area (Å²) >= 11 is 0. The van der Waals surface area contributed by atoms with Crippen molar-refractivity contribution >= 4 is 17.3 Å². The molecule has 0 spiro atoms. The molecule has 26 heavy (non-hydrogen) atoms. The van der Waals surface area contributed by atoms with E-state index in [0.29, 0.717) is 12.8 Å². The minimum atomic E-state index is -0.321. The second kappa shape index (κ2) is 8.84. The van der Waals surface area contributed by atoms with Crippen LogP contribution in [0.15, 0.2) is 42.5 Å². The summed E-state index contributed by atoms with van der Waals surface area (Å²) in [6.45, 7) is 8.43. The molecule has 1 aromatic carbocycles. The molecule has 3 unspecified atom stereocenters. The third-order valence-electron chi connectivity index (χ3n) is 5.48. The molecule has 0 aliphatic heterocycles. The van der Waals surface area contributed by atoms with Crippen LogP contribution >= 0.6 is 0 Å². The molecule has 2 N–H and O–H groups in total. The van der Waals surface area contributed by atoms with Crippen molar-refractivity contribution in [1.82, 2.24) is 0 Å². The van der Waals surface area contributed by atoms with E-state index in [0.717, 1.165) is 28.9 Å². The van der Waals surface area contributed by atoms with Gasteiger partial charge in [0.15, 0.2) is 5.78 Å². The van der Waals surface area contributed by atoms with Gasteiger partial charge < -0.3 is 10.5 Å². The van der Waals surface area contributed by atoms with Crippen molar-refractivity contribution in [2.24, 2.45) is 23.5 Å². The van der Waals surface area contributed by atoms with Crippen LogP contribution in [0, 0.1) is 17.8 Å². The van der Waals surface area contributed by atoms with Gasteiger partial charge in [0.1, 0.15) is 5.75 Å². The molecule has 4 nitrogen and oxygen atoms in total. The second-order valence-corrected chi connectivity index (χ2v) is 7.18. The van der Waals surface area contributed by atoms with Crippen molar-refractivity contribution in [3.8, 4) is 5.75 Å². The Balaban J connectivity index is 2.47. The lowest BCUT2D eigenvalue weighted by molar-refractivity contribution is -0.119. The lowest BCUT2D eigenvalue weighted by Gasteiger charge is -2.28. The molecule has 140 valence electrons. The van der Waals surface area contributed by atoms with Crippen LogP contribution in [0.3, 0.4) is 0 Å². The number of methoxy groups -OCH3 is 1. The molecule has 0 heterocycles. The van der Waals surface area contributed by atoms with Gasteiger partial charge in [-0.05, 0) is 59.9 Å². The molecule has 1 aromatic rings. The summed E-state index contributed by atoms with van der Waals surface area (Å²) in [7, 11) is 1.62. The van der Waals surface area contributed by atoms with Gasteiger partial charge in [-0.25, -0.2) is 0 Å². The number of carbonyl (C=O) groups excluding carboxylic acids is 2. The van der Waals surface area contributed by atoms with Gasteiger partial charge in [0.05, 0.1) is 7.11 Å². The number of ketones is 1. The van der Waals surface area contributed by atoms with Crippen LogP contribution in [0.2, 0.25) is 0 Å². The Labute approximate surface area is 156 Å². The topological polar surface area (TPSA) is 69.4 Å². The third kappa shape index (κ3) is 4.84. The first-order valence-electron chi connectivity index (χ1n) is 9.20. The van der Waals surface area contributed by atoms with Gasteiger partial charge in [-0.1, -0.05) is 38.1 Å². The number of nitrogens with two attached hydrogens (primary N) is 1. The summed E-state index contributed by atoms with van der Waals surface area (Å²) in [6, 6.07) is 7.68. The molecule has 0 fully saturated rings. The maximum atomic E-state index is 12.6. The summed E-state index contributed by atoms with van der Waals surface area (Å²) < 4.78 is 5.32. The second-order valence-electron chi connectivity index (χ2n) is 7.18. The van der Waals surface area contributed by atoms with E-state index < -0.39 is 0 Å². The summed E-state index contributed by atoms with van der Waals surface area (Å²) in [6.07, 6.45) is 3.94. The van der Waals surface area contributed by atoms with E-state index in [9.17, 15) is 9.59 Å². The molecule has 2 rings (SSSR count). The predicted molar refractivity (Wildman–Crippen MR) is 105 cm³/mol. The van der Waals surface area contributed by atoms with Gasteiger partial charge >= 0.3 is 0 Å². The molecule has 0 saturated heterocycles. The van der Waals surface area contributed by atoms with Crippen molar-refractivity contribution in [2.45, 2.75) is 39.5 Å². The highest BCUT2D eigenvalue weighted by atomic mass is 16.5. The van der Waals surface area contributed by atoms with Crippen LogP contribution in [-0.2, 0) is 9.59 Å². The van der Waals surface area contributed by atoms with E-state index >= 15 is 0 Å². The first-order chi connectivity index (χ1) is 12.3. The Kier molecular flexibility index (Phi) is 6.78. The number of amides is 1. The lowest BCUT2D eigenvalue weighted by atomic mass is 9.76. The summed E-state index contributed by atoms with van der Waals surface area (Å²) in [5, 5.41) is 0. The normalized spacial score (nSPS) is 24.3. The molecule has 0 radical (unpaired) electrons. The smallest absolute Gasteiger partial charge is 0.217 e. The van der Waals surface area contributed by atoms with E-state index in [-0.39, 0.29) is 35.9 Å². The van der Waals surface area contributed by atoms with E-state index in [2.05, 4.69) is 20.4 Å². The fourth-order valence-electron chi connectivity index (χ4n) is 3.76. The van der Waals surface area contributed by atoms with Crippen LogP contribution in [0.4, 0.5) is 0 Å². The summed E-state index contributed by atoms with van der Waals surface area (Å²) in [5.74, 6) is 0.797. The highest BCUT2D eigenvalue weighted by molar-refractivity contribution is 5.97. The maximum absolute atomic E-state index is 12.6. The SMILES string of the molecule is C=C1C(CC)CC(=O)C=C(c2cccc(OC)c2)CC(CC(N)=O)C1C. The van der Waals surface area contributed by atoms with Crippen LogP contribution < -0.4 is 10.5 Å². The lowest BCUT2D eigenvalue weighted by Crippen LogP contribution is -2.24. The zero-order valence-electron chi connectivity index (χ0n) is 16.0. The number of benzene rings is 1. The first-order valence-corrected chi connectivity index (χ1v) is 9.20.